The molecule has 0 aromatic carbocycles. The van der Waals surface area contributed by atoms with Crippen molar-refractivity contribution >= 4 is 11.1 Å². The van der Waals surface area contributed by atoms with Gasteiger partial charge in [-0.05, 0) is 24.7 Å². The van der Waals surface area contributed by atoms with Crippen molar-refractivity contribution in [2.75, 3.05) is 0 Å². The Labute approximate surface area is 76.3 Å². The van der Waals surface area contributed by atoms with Crippen molar-refractivity contribution < 1.29 is 8.76 Å². The highest BCUT2D eigenvalue weighted by Crippen LogP contribution is 2.43. The normalized spacial score (nSPS) is 38.0. The van der Waals surface area contributed by atoms with Gasteiger partial charge in [0.25, 0.3) is 0 Å². The fourth-order valence-electron chi connectivity index (χ4n) is 2.11. The lowest BCUT2D eigenvalue weighted by Gasteiger charge is -2.27. The molecule has 1 saturated carbocycles. The highest BCUT2D eigenvalue weighted by molar-refractivity contribution is 7.79. The molecule has 1 unspecified atom stereocenters. The zero-order chi connectivity index (χ0) is 9.19. The molecule has 3 atom stereocenters. The minimum absolute atomic E-state index is 0.0152. The Hall–Kier alpha value is -0.150. The minimum atomic E-state index is -1.66. The predicted octanol–water partition coefficient (Wildman–Crippen LogP) is 2.34. The van der Waals surface area contributed by atoms with Crippen molar-refractivity contribution in [3.05, 3.63) is 12.7 Å². The average Bonchev–Trinajstić information content (AvgIpc) is 2.32. The third kappa shape index (κ3) is 1.77. The lowest BCUT2D eigenvalue weighted by Crippen LogP contribution is -2.29. The van der Waals surface area contributed by atoms with Gasteiger partial charge < -0.3 is 4.55 Å². The van der Waals surface area contributed by atoms with Crippen LogP contribution in [0.3, 0.4) is 0 Å². The van der Waals surface area contributed by atoms with E-state index < -0.39 is 11.1 Å². The van der Waals surface area contributed by atoms with Gasteiger partial charge in [0.05, 0.1) is 5.25 Å². The topological polar surface area (TPSA) is 37.3 Å². The van der Waals surface area contributed by atoms with E-state index in [0.29, 0.717) is 0 Å². The minimum Gasteiger partial charge on any atom is -0.306 e. The van der Waals surface area contributed by atoms with Crippen LogP contribution < -0.4 is 0 Å². The summed E-state index contributed by atoms with van der Waals surface area (Å²) in [6.07, 6.45) is 5.71. The third-order valence-electron chi connectivity index (χ3n) is 2.85. The summed E-state index contributed by atoms with van der Waals surface area (Å²) in [5.41, 5.74) is 0.0152. The van der Waals surface area contributed by atoms with Gasteiger partial charge in [-0.3, -0.25) is 0 Å². The number of allylic oxidation sites excluding steroid dienone is 1. The van der Waals surface area contributed by atoms with Crippen LogP contribution in [0.15, 0.2) is 12.7 Å². The molecule has 0 aliphatic heterocycles. The first kappa shape index (κ1) is 9.93. The van der Waals surface area contributed by atoms with E-state index in [2.05, 4.69) is 13.5 Å². The smallest absolute Gasteiger partial charge is 0.156 e. The van der Waals surface area contributed by atoms with Gasteiger partial charge in [0.1, 0.15) is 0 Å². The fraction of sp³-hybridized carbons (Fsp3) is 0.778. The summed E-state index contributed by atoms with van der Waals surface area (Å²) in [6.45, 7) is 5.77. The largest absolute Gasteiger partial charge is 0.306 e. The van der Waals surface area contributed by atoms with Gasteiger partial charge in [-0.1, -0.05) is 19.4 Å². The Kier molecular flexibility index (Phi) is 3.07. The standard InChI is InChI=1S/C9H16O2S/c1-3-6-9(2)7-4-5-8(9)12(10)11/h3,8H,1,4-7H2,2H3,(H,10,11)/t8-,9+/m0/s1. The first-order valence-electron chi connectivity index (χ1n) is 4.31. The Morgan fingerprint density at radius 3 is 3.00 bits per heavy atom. The Balaban J connectivity index is 2.73. The van der Waals surface area contributed by atoms with E-state index >= 15 is 0 Å². The summed E-state index contributed by atoms with van der Waals surface area (Å²) >= 11 is -1.66. The van der Waals surface area contributed by atoms with Gasteiger partial charge in [0.2, 0.25) is 0 Å². The van der Waals surface area contributed by atoms with E-state index in [1.54, 1.807) is 0 Å². The molecular weight excluding hydrogens is 172 g/mol. The summed E-state index contributed by atoms with van der Waals surface area (Å²) in [5.74, 6) is 0. The zero-order valence-electron chi connectivity index (χ0n) is 7.45. The highest BCUT2D eigenvalue weighted by Gasteiger charge is 2.41. The maximum atomic E-state index is 11.0. The molecule has 12 heavy (non-hydrogen) atoms. The van der Waals surface area contributed by atoms with Crippen LogP contribution in [0.1, 0.15) is 32.6 Å². The second-order valence-corrected chi connectivity index (χ2v) is 4.93. The maximum absolute atomic E-state index is 11.0. The lowest BCUT2D eigenvalue weighted by molar-refractivity contribution is 0.338. The van der Waals surface area contributed by atoms with Crippen LogP contribution in [-0.2, 0) is 11.1 Å². The first-order chi connectivity index (χ1) is 5.60. The van der Waals surface area contributed by atoms with Gasteiger partial charge in [0, 0.05) is 0 Å². The van der Waals surface area contributed by atoms with Crippen LogP contribution in [0.4, 0.5) is 0 Å². The second-order valence-electron chi connectivity index (χ2n) is 3.80. The quantitative estimate of drug-likeness (QED) is 0.545. The molecule has 0 heterocycles. The molecule has 3 heteroatoms. The van der Waals surface area contributed by atoms with E-state index in [4.69, 9.17) is 4.55 Å². The van der Waals surface area contributed by atoms with Crippen LogP contribution in [0, 0.1) is 5.41 Å². The molecule has 0 radical (unpaired) electrons. The molecule has 0 spiro atoms. The SMILES string of the molecule is C=CC[C@]1(C)CCC[C@@H]1S(=O)O. The molecule has 0 amide bonds. The Morgan fingerprint density at radius 2 is 2.50 bits per heavy atom. The summed E-state index contributed by atoms with van der Waals surface area (Å²) in [6, 6.07) is 0. The molecule has 2 nitrogen and oxygen atoms in total. The molecule has 0 bridgehead atoms. The second kappa shape index (κ2) is 3.71. The van der Waals surface area contributed by atoms with E-state index in [1.165, 1.54) is 0 Å². The van der Waals surface area contributed by atoms with Crippen molar-refractivity contribution in [2.45, 2.75) is 37.9 Å². The van der Waals surface area contributed by atoms with Gasteiger partial charge in [-0.15, -0.1) is 6.58 Å². The summed E-state index contributed by atoms with van der Waals surface area (Å²) in [5, 5.41) is -0.0458. The van der Waals surface area contributed by atoms with Crippen molar-refractivity contribution in [1.82, 2.24) is 0 Å². The molecule has 0 aromatic rings. The molecule has 0 aromatic heterocycles. The molecule has 1 rings (SSSR count). The molecule has 1 aliphatic carbocycles. The molecule has 1 aliphatic rings. The lowest BCUT2D eigenvalue weighted by atomic mass is 9.85. The van der Waals surface area contributed by atoms with Gasteiger partial charge in [-0.2, -0.15) is 0 Å². The maximum Gasteiger partial charge on any atom is 0.156 e. The van der Waals surface area contributed by atoms with E-state index in [0.717, 1.165) is 25.7 Å². The third-order valence-corrected chi connectivity index (χ3v) is 4.14. The van der Waals surface area contributed by atoms with Crippen molar-refractivity contribution in [3.63, 3.8) is 0 Å². The van der Waals surface area contributed by atoms with E-state index in [9.17, 15) is 4.21 Å². The summed E-state index contributed by atoms with van der Waals surface area (Å²) in [7, 11) is 0. The van der Waals surface area contributed by atoms with Crippen LogP contribution in [0.5, 0.6) is 0 Å². The van der Waals surface area contributed by atoms with E-state index in [1.807, 2.05) is 6.08 Å². The fourth-order valence-corrected chi connectivity index (χ4v) is 3.18. The monoisotopic (exact) mass is 188 g/mol. The zero-order valence-corrected chi connectivity index (χ0v) is 8.27. The van der Waals surface area contributed by atoms with Gasteiger partial charge in [0.15, 0.2) is 11.1 Å². The van der Waals surface area contributed by atoms with Crippen molar-refractivity contribution in [2.24, 2.45) is 5.41 Å². The van der Waals surface area contributed by atoms with Crippen LogP contribution in [0.2, 0.25) is 0 Å². The Bertz CT molecular complexity index is 203. The highest BCUT2D eigenvalue weighted by atomic mass is 32.2. The number of hydrogen-bond acceptors (Lipinski definition) is 1. The van der Waals surface area contributed by atoms with Crippen LogP contribution >= 0.6 is 0 Å². The first-order valence-corrected chi connectivity index (χ1v) is 5.48. The molecule has 70 valence electrons. The molecule has 1 N–H and O–H groups in total. The van der Waals surface area contributed by atoms with Crippen molar-refractivity contribution in [1.29, 1.82) is 0 Å². The molecule has 1 fully saturated rings. The Morgan fingerprint density at radius 1 is 1.83 bits per heavy atom. The summed E-state index contributed by atoms with van der Waals surface area (Å²) in [4.78, 5) is 0. The average molecular weight is 188 g/mol. The van der Waals surface area contributed by atoms with Crippen molar-refractivity contribution in [3.8, 4) is 0 Å². The van der Waals surface area contributed by atoms with E-state index in [-0.39, 0.29) is 10.7 Å². The predicted molar refractivity (Wildman–Crippen MR) is 51.3 cm³/mol. The van der Waals surface area contributed by atoms with Crippen LogP contribution in [-0.4, -0.2) is 14.0 Å². The number of hydrogen-bond donors (Lipinski definition) is 1. The molecular formula is C9H16O2S. The van der Waals surface area contributed by atoms with Crippen LogP contribution in [0.25, 0.3) is 0 Å². The molecule has 0 saturated heterocycles. The van der Waals surface area contributed by atoms with Gasteiger partial charge in [-0.25, -0.2) is 4.21 Å². The van der Waals surface area contributed by atoms with Gasteiger partial charge >= 0.3 is 0 Å². The number of rotatable bonds is 3. The summed E-state index contributed by atoms with van der Waals surface area (Å²) < 4.78 is 20.0.